The molecule has 4 nitrogen and oxygen atoms in total. The van der Waals surface area contributed by atoms with Crippen LogP contribution in [0.4, 0.5) is 10.1 Å². The number of nitrogens with one attached hydrogen (secondary N) is 1. The van der Waals surface area contributed by atoms with Gasteiger partial charge in [0, 0.05) is 13.0 Å². The first-order chi connectivity index (χ1) is 10.2. The van der Waals surface area contributed by atoms with Crippen LogP contribution < -0.4 is 5.32 Å². The maximum Gasteiger partial charge on any atom is 0.225 e. The Bertz CT molecular complexity index is 569. The average Bonchev–Trinajstić information content (AvgIpc) is 2.99. The third-order valence-electron chi connectivity index (χ3n) is 3.21. The van der Waals surface area contributed by atoms with Gasteiger partial charge in [0.1, 0.15) is 11.6 Å². The van der Waals surface area contributed by atoms with E-state index in [0.717, 1.165) is 12.3 Å². The molecule has 0 fully saturated rings. The maximum atomic E-state index is 13.4. The number of anilines is 1. The zero-order valence-corrected chi connectivity index (χ0v) is 12.0. The predicted octanol–water partition coefficient (Wildman–Crippen LogP) is 3.27. The highest BCUT2D eigenvalue weighted by atomic mass is 19.1. The molecule has 2 rings (SSSR count). The molecule has 0 bridgehead atoms. The zero-order chi connectivity index (χ0) is 15.1. The molecule has 1 heterocycles. The number of rotatable bonds is 7. The fourth-order valence-electron chi connectivity index (χ4n) is 2.01. The summed E-state index contributed by atoms with van der Waals surface area (Å²) < 4.78 is 18.7. The second-order valence-electron chi connectivity index (χ2n) is 4.73. The lowest BCUT2D eigenvalue weighted by molar-refractivity contribution is -0.116. The second-order valence-corrected chi connectivity index (χ2v) is 4.73. The Morgan fingerprint density at radius 1 is 1.29 bits per heavy atom. The van der Waals surface area contributed by atoms with Crippen molar-refractivity contribution in [1.29, 1.82) is 0 Å². The summed E-state index contributed by atoms with van der Waals surface area (Å²) >= 11 is 0. The third-order valence-corrected chi connectivity index (χ3v) is 3.21. The van der Waals surface area contributed by atoms with Gasteiger partial charge in [0.25, 0.3) is 0 Å². The zero-order valence-electron chi connectivity index (χ0n) is 12.0. The van der Waals surface area contributed by atoms with E-state index in [0.29, 0.717) is 19.5 Å². The first-order valence-corrected chi connectivity index (χ1v) is 6.98. The number of carbonyl (C=O) groups excluding carboxylic acids is 1. The van der Waals surface area contributed by atoms with E-state index in [9.17, 15) is 9.18 Å². The highest BCUT2D eigenvalue weighted by Gasteiger charge is 2.10. The molecule has 0 radical (unpaired) electrons. The third kappa shape index (κ3) is 4.72. The molecule has 0 atom stereocenters. The number of furan rings is 1. The molecular formula is C16H19FN2O2. The summed E-state index contributed by atoms with van der Waals surface area (Å²) in [6.45, 7) is 4.10. The van der Waals surface area contributed by atoms with Gasteiger partial charge in [-0.15, -0.1) is 0 Å². The van der Waals surface area contributed by atoms with Crippen LogP contribution in [0.5, 0.6) is 0 Å². The van der Waals surface area contributed by atoms with Crippen molar-refractivity contribution >= 4 is 11.6 Å². The molecule has 0 aliphatic carbocycles. The summed E-state index contributed by atoms with van der Waals surface area (Å²) in [5.41, 5.74) is 0.219. The van der Waals surface area contributed by atoms with Crippen molar-refractivity contribution < 1.29 is 13.6 Å². The van der Waals surface area contributed by atoms with Gasteiger partial charge in [-0.05, 0) is 30.8 Å². The molecule has 0 saturated carbocycles. The summed E-state index contributed by atoms with van der Waals surface area (Å²) in [7, 11) is 0. The minimum atomic E-state index is -0.422. The SMILES string of the molecule is CCN(CCC(=O)Nc1ccccc1F)Cc1ccco1. The number of halogens is 1. The highest BCUT2D eigenvalue weighted by Crippen LogP contribution is 2.13. The predicted molar refractivity (Wildman–Crippen MR) is 79.3 cm³/mol. The molecule has 2 aromatic rings. The normalized spacial score (nSPS) is 10.8. The largest absolute Gasteiger partial charge is 0.468 e. The molecule has 1 N–H and O–H groups in total. The van der Waals surface area contributed by atoms with E-state index in [1.54, 1.807) is 24.5 Å². The van der Waals surface area contributed by atoms with Crippen molar-refractivity contribution in [3.8, 4) is 0 Å². The Hall–Kier alpha value is -2.14. The summed E-state index contributed by atoms with van der Waals surface area (Å²) in [5, 5.41) is 2.58. The molecule has 21 heavy (non-hydrogen) atoms. The first-order valence-electron chi connectivity index (χ1n) is 6.98. The fourth-order valence-corrected chi connectivity index (χ4v) is 2.01. The molecule has 0 saturated heterocycles. The fraction of sp³-hybridized carbons (Fsp3) is 0.312. The van der Waals surface area contributed by atoms with Crippen LogP contribution in [-0.2, 0) is 11.3 Å². The summed E-state index contributed by atoms with van der Waals surface area (Å²) in [5.74, 6) is 0.248. The van der Waals surface area contributed by atoms with E-state index in [-0.39, 0.29) is 11.6 Å². The summed E-state index contributed by atoms with van der Waals surface area (Å²) in [6.07, 6.45) is 1.94. The first kappa shape index (κ1) is 15.3. The molecular weight excluding hydrogens is 271 g/mol. The Kier molecular flexibility index (Phi) is 5.51. The molecule has 0 spiro atoms. The van der Waals surface area contributed by atoms with Crippen molar-refractivity contribution in [1.82, 2.24) is 4.90 Å². The number of para-hydroxylation sites is 1. The molecule has 0 aliphatic heterocycles. The maximum absolute atomic E-state index is 13.4. The highest BCUT2D eigenvalue weighted by molar-refractivity contribution is 5.90. The van der Waals surface area contributed by atoms with Gasteiger partial charge in [-0.1, -0.05) is 19.1 Å². The second kappa shape index (κ2) is 7.59. The molecule has 112 valence electrons. The van der Waals surface area contributed by atoms with Gasteiger partial charge >= 0.3 is 0 Å². The molecule has 1 amide bonds. The van der Waals surface area contributed by atoms with Crippen LogP contribution in [0.3, 0.4) is 0 Å². The van der Waals surface area contributed by atoms with Crippen molar-refractivity contribution in [3.63, 3.8) is 0 Å². The van der Waals surface area contributed by atoms with E-state index in [1.807, 2.05) is 19.1 Å². The number of amides is 1. The van der Waals surface area contributed by atoms with E-state index in [1.165, 1.54) is 6.07 Å². The summed E-state index contributed by atoms with van der Waals surface area (Å²) in [6, 6.07) is 9.90. The van der Waals surface area contributed by atoms with Gasteiger partial charge in [0.05, 0.1) is 18.5 Å². The Balaban J connectivity index is 1.81. The van der Waals surface area contributed by atoms with Crippen molar-refractivity contribution in [2.24, 2.45) is 0 Å². The smallest absolute Gasteiger partial charge is 0.225 e. The van der Waals surface area contributed by atoms with Crippen LogP contribution in [-0.4, -0.2) is 23.9 Å². The van der Waals surface area contributed by atoms with Gasteiger partial charge < -0.3 is 9.73 Å². The standard InChI is InChI=1S/C16H19FN2O2/c1-2-19(12-13-6-5-11-21-13)10-9-16(20)18-15-8-4-3-7-14(15)17/h3-8,11H,2,9-10,12H2,1H3,(H,18,20). The number of nitrogens with zero attached hydrogens (tertiary/aromatic N) is 1. The number of carbonyl (C=O) groups is 1. The summed E-state index contributed by atoms with van der Waals surface area (Å²) in [4.78, 5) is 14.0. The van der Waals surface area contributed by atoms with Crippen molar-refractivity contribution in [2.75, 3.05) is 18.4 Å². The Morgan fingerprint density at radius 3 is 2.76 bits per heavy atom. The van der Waals surface area contributed by atoms with Gasteiger partial charge in [-0.3, -0.25) is 9.69 Å². The van der Waals surface area contributed by atoms with E-state index in [2.05, 4.69) is 10.2 Å². The van der Waals surface area contributed by atoms with Crippen LogP contribution in [0.15, 0.2) is 47.1 Å². The average molecular weight is 290 g/mol. The Labute approximate surface area is 123 Å². The minimum Gasteiger partial charge on any atom is -0.468 e. The van der Waals surface area contributed by atoms with Gasteiger partial charge in [-0.2, -0.15) is 0 Å². The van der Waals surface area contributed by atoms with E-state index < -0.39 is 5.82 Å². The Morgan fingerprint density at radius 2 is 2.10 bits per heavy atom. The number of hydrogen-bond acceptors (Lipinski definition) is 3. The van der Waals surface area contributed by atoms with Crippen molar-refractivity contribution in [2.45, 2.75) is 19.9 Å². The van der Waals surface area contributed by atoms with Gasteiger partial charge in [-0.25, -0.2) is 4.39 Å². The number of benzene rings is 1. The topological polar surface area (TPSA) is 45.5 Å². The molecule has 0 unspecified atom stereocenters. The van der Waals surface area contributed by atoms with Crippen LogP contribution in [0.25, 0.3) is 0 Å². The molecule has 1 aromatic heterocycles. The lowest BCUT2D eigenvalue weighted by atomic mass is 10.3. The number of hydrogen-bond donors (Lipinski definition) is 1. The monoisotopic (exact) mass is 290 g/mol. The van der Waals surface area contributed by atoms with Gasteiger partial charge in [0.15, 0.2) is 0 Å². The van der Waals surface area contributed by atoms with Crippen LogP contribution in [0.1, 0.15) is 19.1 Å². The van der Waals surface area contributed by atoms with Gasteiger partial charge in [0.2, 0.25) is 5.91 Å². The molecule has 5 heteroatoms. The molecule has 1 aromatic carbocycles. The molecule has 0 aliphatic rings. The van der Waals surface area contributed by atoms with Crippen LogP contribution in [0.2, 0.25) is 0 Å². The van der Waals surface area contributed by atoms with E-state index >= 15 is 0 Å². The van der Waals surface area contributed by atoms with Crippen LogP contribution >= 0.6 is 0 Å². The lowest BCUT2D eigenvalue weighted by Crippen LogP contribution is -2.27. The van der Waals surface area contributed by atoms with E-state index in [4.69, 9.17) is 4.42 Å². The minimum absolute atomic E-state index is 0.196. The van der Waals surface area contributed by atoms with Crippen molar-refractivity contribution in [3.05, 3.63) is 54.2 Å². The quantitative estimate of drug-likeness (QED) is 0.851. The lowest BCUT2D eigenvalue weighted by Gasteiger charge is -2.18. The van der Waals surface area contributed by atoms with Crippen LogP contribution in [0, 0.1) is 5.82 Å².